The number of benzene rings is 2. The van der Waals surface area contributed by atoms with Crippen LogP contribution in [0.25, 0.3) is 0 Å². The first-order valence-corrected chi connectivity index (χ1v) is 9.60. The van der Waals surface area contributed by atoms with Crippen molar-refractivity contribution in [1.29, 1.82) is 0 Å². The Labute approximate surface area is 170 Å². The van der Waals surface area contributed by atoms with Gasteiger partial charge in [0.2, 0.25) is 5.91 Å². The number of thioether (sulfide) groups is 1. The van der Waals surface area contributed by atoms with Crippen molar-refractivity contribution in [2.75, 3.05) is 11.1 Å². The third-order valence-electron chi connectivity index (χ3n) is 3.85. The normalized spacial score (nSPS) is 10.6. The number of aromatic nitrogens is 3. The minimum absolute atomic E-state index is 0.0615. The van der Waals surface area contributed by atoms with E-state index < -0.39 is 4.92 Å². The Hall–Kier alpha value is -2.91. The van der Waals surface area contributed by atoms with Gasteiger partial charge >= 0.3 is 0 Å². The van der Waals surface area contributed by atoms with Gasteiger partial charge in [0, 0.05) is 12.1 Å². The molecule has 0 bridgehead atoms. The summed E-state index contributed by atoms with van der Waals surface area (Å²) in [4.78, 5) is 22.6. The number of hydrogen-bond acceptors (Lipinski definition) is 6. The van der Waals surface area contributed by atoms with Crippen LogP contribution in [0.4, 0.5) is 11.4 Å². The van der Waals surface area contributed by atoms with E-state index in [0.717, 1.165) is 11.4 Å². The molecule has 144 valence electrons. The Bertz CT molecular complexity index is 1010. The minimum atomic E-state index is -0.546. The van der Waals surface area contributed by atoms with Crippen molar-refractivity contribution in [3.63, 3.8) is 0 Å². The molecule has 0 aliphatic carbocycles. The number of rotatable bonds is 7. The fourth-order valence-corrected chi connectivity index (χ4v) is 3.40. The summed E-state index contributed by atoms with van der Waals surface area (Å²) in [7, 11) is 0. The predicted octanol–water partition coefficient (Wildman–Crippen LogP) is 3.93. The first-order valence-electron chi connectivity index (χ1n) is 8.24. The molecule has 3 aromatic rings. The van der Waals surface area contributed by atoms with Gasteiger partial charge in [-0.05, 0) is 18.6 Å². The number of halogens is 1. The molecule has 0 aliphatic rings. The number of anilines is 1. The Morgan fingerprint density at radius 3 is 2.71 bits per heavy atom. The molecule has 10 heteroatoms. The first-order chi connectivity index (χ1) is 13.4. The van der Waals surface area contributed by atoms with Crippen LogP contribution in [-0.4, -0.2) is 31.3 Å². The molecule has 0 aliphatic heterocycles. The number of nitro groups is 1. The SMILES string of the molecule is Cc1nnc(SCC(=O)Nc2cc([N+](=O)[O-])ccc2Cl)n1Cc1ccccc1. The maximum atomic E-state index is 12.3. The number of aryl methyl sites for hydroxylation is 1. The quantitative estimate of drug-likeness (QED) is 0.355. The molecular formula is C18H16ClN5O3S. The van der Waals surface area contributed by atoms with Crippen LogP contribution >= 0.6 is 23.4 Å². The van der Waals surface area contributed by atoms with Crippen molar-refractivity contribution < 1.29 is 9.72 Å². The Morgan fingerprint density at radius 2 is 2.00 bits per heavy atom. The summed E-state index contributed by atoms with van der Waals surface area (Å²) < 4.78 is 1.92. The zero-order valence-electron chi connectivity index (χ0n) is 14.8. The van der Waals surface area contributed by atoms with Crippen molar-refractivity contribution >= 4 is 40.6 Å². The number of nitrogens with zero attached hydrogens (tertiary/aromatic N) is 4. The number of non-ortho nitro benzene ring substituents is 1. The molecular weight excluding hydrogens is 402 g/mol. The molecule has 0 spiro atoms. The van der Waals surface area contributed by atoms with Gasteiger partial charge in [-0.2, -0.15) is 0 Å². The molecule has 1 aromatic heterocycles. The highest BCUT2D eigenvalue weighted by molar-refractivity contribution is 7.99. The van der Waals surface area contributed by atoms with Crippen LogP contribution in [0.2, 0.25) is 5.02 Å². The molecule has 0 saturated heterocycles. The van der Waals surface area contributed by atoms with E-state index in [4.69, 9.17) is 11.6 Å². The second-order valence-corrected chi connectivity index (χ2v) is 7.21. The first kappa shape index (κ1) is 19.8. The summed E-state index contributed by atoms with van der Waals surface area (Å²) in [6.07, 6.45) is 0. The molecule has 0 fully saturated rings. The zero-order valence-corrected chi connectivity index (χ0v) is 16.4. The van der Waals surface area contributed by atoms with E-state index in [9.17, 15) is 14.9 Å². The van der Waals surface area contributed by atoms with E-state index in [2.05, 4.69) is 15.5 Å². The van der Waals surface area contributed by atoms with Crippen LogP contribution in [0, 0.1) is 17.0 Å². The fourth-order valence-electron chi connectivity index (χ4n) is 2.46. The zero-order chi connectivity index (χ0) is 20.1. The lowest BCUT2D eigenvalue weighted by Gasteiger charge is -2.09. The number of hydrogen-bond donors (Lipinski definition) is 1. The van der Waals surface area contributed by atoms with Crippen LogP contribution in [0.15, 0.2) is 53.7 Å². The molecule has 3 rings (SSSR count). The van der Waals surface area contributed by atoms with Gasteiger partial charge in [-0.15, -0.1) is 10.2 Å². The third kappa shape index (κ3) is 4.87. The van der Waals surface area contributed by atoms with Gasteiger partial charge in [0.15, 0.2) is 5.16 Å². The van der Waals surface area contributed by atoms with Gasteiger partial charge in [0.1, 0.15) is 5.82 Å². The fraction of sp³-hybridized carbons (Fsp3) is 0.167. The Balaban J connectivity index is 1.66. The summed E-state index contributed by atoms with van der Waals surface area (Å²) in [5.41, 5.74) is 1.15. The van der Waals surface area contributed by atoms with Gasteiger partial charge in [-0.1, -0.05) is 53.7 Å². The molecule has 1 N–H and O–H groups in total. The molecule has 28 heavy (non-hydrogen) atoms. The topological polar surface area (TPSA) is 103 Å². The Kier molecular flexibility index (Phi) is 6.27. The number of nitrogens with one attached hydrogen (secondary N) is 1. The molecule has 0 unspecified atom stereocenters. The average molecular weight is 418 g/mol. The van der Waals surface area contributed by atoms with Crippen molar-refractivity contribution in [3.8, 4) is 0 Å². The average Bonchev–Trinajstić information content (AvgIpc) is 3.02. The van der Waals surface area contributed by atoms with E-state index in [-0.39, 0.29) is 28.1 Å². The summed E-state index contributed by atoms with van der Waals surface area (Å²) in [6, 6.07) is 13.8. The Morgan fingerprint density at radius 1 is 1.25 bits per heavy atom. The summed E-state index contributed by atoms with van der Waals surface area (Å²) in [6.45, 7) is 2.45. The number of carbonyl (C=O) groups is 1. The molecule has 8 nitrogen and oxygen atoms in total. The van der Waals surface area contributed by atoms with Crippen molar-refractivity contribution in [2.24, 2.45) is 0 Å². The second-order valence-electron chi connectivity index (χ2n) is 5.86. The van der Waals surface area contributed by atoms with E-state index in [1.807, 2.05) is 41.8 Å². The highest BCUT2D eigenvalue weighted by atomic mass is 35.5. The summed E-state index contributed by atoms with van der Waals surface area (Å²) in [5, 5.41) is 22.5. The summed E-state index contributed by atoms with van der Waals surface area (Å²) >= 11 is 7.24. The van der Waals surface area contributed by atoms with Gasteiger partial charge in [0.05, 0.1) is 27.9 Å². The number of nitro benzene ring substituents is 1. The predicted molar refractivity (Wildman–Crippen MR) is 108 cm³/mol. The largest absolute Gasteiger partial charge is 0.324 e. The lowest BCUT2D eigenvalue weighted by atomic mass is 10.2. The van der Waals surface area contributed by atoms with E-state index in [0.29, 0.717) is 11.7 Å². The van der Waals surface area contributed by atoms with Gasteiger partial charge in [-0.25, -0.2) is 0 Å². The molecule has 1 amide bonds. The van der Waals surface area contributed by atoms with Crippen LogP contribution in [0.1, 0.15) is 11.4 Å². The lowest BCUT2D eigenvalue weighted by Crippen LogP contribution is -2.15. The molecule has 0 atom stereocenters. The highest BCUT2D eigenvalue weighted by Gasteiger charge is 2.15. The van der Waals surface area contributed by atoms with Crippen LogP contribution in [-0.2, 0) is 11.3 Å². The van der Waals surface area contributed by atoms with Crippen molar-refractivity contribution in [3.05, 3.63) is 75.1 Å². The standard InChI is InChI=1S/C18H16ClN5O3S/c1-12-21-22-18(23(12)10-13-5-3-2-4-6-13)28-11-17(25)20-16-9-14(24(26)27)7-8-15(16)19/h2-9H,10-11H2,1H3,(H,20,25). The minimum Gasteiger partial charge on any atom is -0.324 e. The number of carbonyl (C=O) groups excluding carboxylic acids is 1. The van der Waals surface area contributed by atoms with E-state index in [1.54, 1.807) is 0 Å². The van der Waals surface area contributed by atoms with E-state index in [1.165, 1.54) is 30.0 Å². The third-order valence-corrected chi connectivity index (χ3v) is 5.15. The number of amides is 1. The lowest BCUT2D eigenvalue weighted by molar-refractivity contribution is -0.384. The van der Waals surface area contributed by atoms with Crippen LogP contribution < -0.4 is 5.32 Å². The van der Waals surface area contributed by atoms with Gasteiger partial charge < -0.3 is 9.88 Å². The monoisotopic (exact) mass is 417 g/mol. The van der Waals surface area contributed by atoms with Crippen LogP contribution in [0.3, 0.4) is 0 Å². The molecule has 1 heterocycles. The maximum Gasteiger partial charge on any atom is 0.271 e. The smallest absolute Gasteiger partial charge is 0.271 e. The highest BCUT2D eigenvalue weighted by Crippen LogP contribution is 2.27. The molecule has 0 radical (unpaired) electrons. The van der Waals surface area contributed by atoms with E-state index >= 15 is 0 Å². The second kappa shape index (κ2) is 8.85. The maximum absolute atomic E-state index is 12.3. The molecule has 0 saturated carbocycles. The van der Waals surface area contributed by atoms with Gasteiger partial charge in [-0.3, -0.25) is 14.9 Å². The summed E-state index contributed by atoms with van der Waals surface area (Å²) in [5.74, 6) is 0.458. The van der Waals surface area contributed by atoms with Crippen LogP contribution in [0.5, 0.6) is 0 Å². The van der Waals surface area contributed by atoms with Crippen molar-refractivity contribution in [2.45, 2.75) is 18.6 Å². The molecule has 2 aromatic carbocycles. The van der Waals surface area contributed by atoms with Gasteiger partial charge in [0.25, 0.3) is 5.69 Å². The van der Waals surface area contributed by atoms with Crippen molar-refractivity contribution in [1.82, 2.24) is 14.8 Å².